The first-order valence-corrected chi connectivity index (χ1v) is 8.37. The highest BCUT2D eigenvalue weighted by Gasteiger charge is 2.08. The average Bonchev–Trinajstić information content (AvgIpc) is 2.85. The van der Waals surface area contributed by atoms with Gasteiger partial charge in [-0.1, -0.05) is 26.0 Å². The quantitative estimate of drug-likeness (QED) is 0.879. The van der Waals surface area contributed by atoms with Crippen LogP contribution in [-0.2, 0) is 16.6 Å². The first kappa shape index (κ1) is 14.9. The largest absolute Gasteiger partial charge is 0.356 e. The number of nitrogens with zero attached hydrogens (tertiary/aromatic N) is 2. The summed E-state index contributed by atoms with van der Waals surface area (Å²) in [4.78, 5) is 4.47. The molecule has 108 valence electrons. The van der Waals surface area contributed by atoms with E-state index in [1.54, 1.807) is 12.1 Å². The third-order valence-electron chi connectivity index (χ3n) is 2.65. The molecule has 6 nitrogen and oxygen atoms in total. The Hall–Kier alpha value is -1.51. The number of benzene rings is 1. The van der Waals surface area contributed by atoms with Crippen molar-refractivity contribution in [2.75, 3.05) is 5.32 Å². The second-order valence-corrected chi connectivity index (χ2v) is 6.97. The Balaban J connectivity index is 2.00. The Morgan fingerprint density at radius 1 is 1.30 bits per heavy atom. The van der Waals surface area contributed by atoms with Crippen molar-refractivity contribution < 1.29 is 8.42 Å². The van der Waals surface area contributed by atoms with E-state index >= 15 is 0 Å². The highest BCUT2D eigenvalue weighted by atomic mass is 32.2. The van der Waals surface area contributed by atoms with Crippen LogP contribution in [0, 0.1) is 0 Å². The molecule has 0 bridgehead atoms. The number of sulfonamides is 1. The van der Waals surface area contributed by atoms with E-state index in [1.807, 2.05) is 13.8 Å². The third-order valence-corrected chi connectivity index (χ3v) is 4.27. The molecule has 2 rings (SSSR count). The number of primary sulfonamides is 1. The Bertz CT molecular complexity index is 678. The molecule has 20 heavy (non-hydrogen) atoms. The van der Waals surface area contributed by atoms with E-state index < -0.39 is 10.0 Å². The SMILES string of the molecule is CC(C)c1nsc(NCc2ccc(S(N)(=O)=O)cc2)n1. The molecule has 2 aromatic rings. The smallest absolute Gasteiger partial charge is 0.238 e. The van der Waals surface area contributed by atoms with Crippen molar-refractivity contribution in [1.82, 2.24) is 9.36 Å². The van der Waals surface area contributed by atoms with Gasteiger partial charge >= 0.3 is 0 Å². The van der Waals surface area contributed by atoms with E-state index in [2.05, 4.69) is 14.7 Å². The van der Waals surface area contributed by atoms with Crippen LogP contribution in [0.15, 0.2) is 29.2 Å². The predicted octanol–water partition coefficient (Wildman–Crippen LogP) is 1.92. The molecular formula is C12H16N4O2S2. The van der Waals surface area contributed by atoms with Crippen LogP contribution >= 0.6 is 11.5 Å². The Labute approximate surface area is 122 Å². The minimum Gasteiger partial charge on any atom is -0.356 e. The molecule has 1 aromatic carbocycles. The van der Waals surface area contributed by atoms with E-state index in [4.69, 9.17) is 5.14 Å². The first-order chi connectivity index (χ1) is 9.36. The summed E-state index contributed by atoms with van der Waals surface area (Å²) in [5.74, 6) is 1.12. The summed E-state index contributed by atoms with van der Waals surface area (Å²) >= 11 is 1.32. The van der Waals surface area contributed by atoms with Crippen molar-refractivity contribution in [3.8, 4) is 0 Å². The van der Waals surface area contributed by atoms with Crippen LogP contribution in [0.25, 0.3) is 0 Å². The van der Waals surface area contributed by atoms with E-state index in [-0.39, 0.29) is 4.90 Å². The number of hydrogen-bond acceptors (Lipinski definition) is 6. The Morgan fingerprint density at radius 3 is 2.45 bits per heavy atom. The summed E-state index contributed by atoms with van der Waals surface area (Å²) in [6.07, 6.45) is 0. The fraction of sp³-hybridized carbons (Fsp3) is 0.333. The molecule has 0 aliphatic heterocycles. The normalized spacial score (nSPS) is 11.8. The second-order valence-electron chi connectivity index (χ2n) is 4.65. The summed E-state index contributed by atoms with van der Waals surface area (Å²) in [6.45, 7) is 4.63. The number of rotatable bonds is 5. The van der Waals surface area contributed by atoms with Gasteiger partial charge in [-0.25, -0.2) is 18.5 Å². The molecule has 1 aromatic heterocycles. The highest BCUT2D eigenvalue weighted by Crippen LogP contribution is 2.18. The van der Waals surface area contributed by atoms with Crippen LogP contribution in [0.1, 0.15) is 31.2 Å². The number of anilines is 1. The van der Waals surface area contributed by atoms with Crippen molar-refractivity contribution in [2.45, 2.75) is 31.2 Å². The molecule has 0 spiro atoms. The zero-order valence-corrected chi connectivity index (χ0v) is 12.8. The van der Waals surface area contributed by atoms with Crippen molar-refractivity contribution in [3.05, 3.63) is 35.7 Å². The molecule has 0 unspecified atom stereocenters. The zero-order valence-electron chi connectivity index (χ0n) is 11.2. The molecule has 0 aliphatic rings. The molecule has 1 heterocycles. The van der Waals surface area contributed by atoms with E-state index in [1.165, 1.54) is 23.7 Å². The Morgan fingerprint density at radius 2 is 1.95 bits per heavy atom. The van der Waals surface area contributed by atoms with Gasteiger partial charge in [-0.15, -0.1) is 0 Å². The van der Waals surface area contributed by atoms with Gasteiger partial charge in [0.2, 0.25) is 15.2 Å². The van der Waals surface area contributed by atoms with E-state index in [0.29, 0.717) is 12.5 Å². The van der Waals surface area contributed by atoms with Crippen LogP contribution in [0.4, 0.5) is 5.13 Å². The van der Waals surface area contributed by atoms with Gasteiger partial charge in [0, 0.05) is 24.0 Å². The third kappa shape index (κ3) is 3.75. The van der Waals surface area contributed by atoms with Gasteiger partial charge in [-0.2, -0.15) is 4.37 Å². The van der Waals surface area contributed by atoms with Gasteiger partial charge in [0.1, 0.15) is 5.82 Å². The zero-order chi connectivity index (χ0) is 14.8. The summed E-state index contributed by atoms with van der Waals surface area (Å²) in [7, 11) is -3.63. The van der Waals surface area contributed by atoms with Gasteiger partial charge in [-0.3, -0.25) is 0 Å². The molecule has 8 heteroatoms. The van der Waals surface area contributed by atoms with Crippen molar-refractivity contribution >= 4 is 26.7 Å². The fourth-order valence-electron chi connectivity index (χ4n) is 1.52. The maximum Gasteiger partial charge on any atom is 0.238 e. The fourth-order valence-corrected chi connectivity index (χ4v) is 2.73. The Kier molecular flexibility index (Phi) is 4.36. The lowest BCUT2D eigenvalue weighted by Crippen LogP contribution is -2.12. The summed E-state index contributed by atoms with van der Waals surface area (Å²) in [5, 5.41) is 8.96. The van der Waals surface area contributed by atoms with Crippen molar-refractivity contribution in [1.29, 1.82) is 0 Å². The van der Waals surface area contributed by atoms with E-state index in [0.717, 1.165) is 16.5 Å². The summed E-state index contributed by atoms with van der Waals surface area (Å²) in [6, 6.07) is 6.42. The van der Waals surface area contributed by atoms with Crippen LogP contribution in [0.3, 0.4) is 0 Å². The lowest BCUT2D eigenvalue weighted by Gasteiger charge is -2.04. The molecule has 3 N–H and O–H groups in total. The molecule has 0 saturated carbocycles. The van der Waals surface area contributed by atoms with Gasteiger partial charge in [-0.05, 0) is 17.7 Å². The summed E-state index contributed by atoms with van der Waals surface area (Å²) in [5.41, 5.74) is 0.943. The van der Waals surface area contributed by atoms with Crippen LogP contribution in [0.5, 0.6) is 0 Å². The van der Waals surface area contributed by atoms with Crippen molar-refractivity contribution in [2.24, 2.45) is 5.14 Å². The van der Waals surface area contributed by atoms with Gasteiger partial charge < -0.3 is 5.32 Å². The topological polar surface area (TPSA) is 98.0 Å². The number of nitrogens with one attached hydrogen (secondary N) is 1. The van der Waals surface area contributed by atoms with Gasteiger partial charge in [0.05, 0.1) is 4.90 Å². The lowest BCUT2D eigenvalue weighted by molar-refractivity contribution is 0.598. The monoisotopic (exact) mass is 312 g/mol. The van der Waals surface area contributed by atoms with Gasteiger partial charge in [0.15, 0.2) is 0 Å². The average molecular weight is 312 g/mol. The standard InChI is InChI=1S/C12H16N4O2S2/c1-8(2)11-15-12(19-16-11)14-7-9-3-5-10(6-4-9)20(13,17)18/h3-6,8H,7H2,1-2H3,(H2,13,17,18)(H,14,15,16). The van der Waals surface area contributed by atoms with Crippen LogP contribution in [-0.4, -0.2) is 17.8 Å². The molecule has 0 fully saturated rings. The van der Waals surface area contributed by atoms with Gasteiger partial charge in [0.25, 0.3) is 0 Å². The molecular weight excluding hydrogens is 296 g/mol. The molecule has 0 atom stereocenters. The van der Waals surface area contributed by atoms with Crippen molar-refractivity contribution in [3.63, 3.8) is 0 Å². The van der Waals surface area contributed by atoms with Crippen LogP contribution in [0.2, 0.25) is 0 Å². The van der Waals surface area contributed by atoms with Crippen LogP contribution < -0.4 is 10.5 Å². The number of aromatic nitrogens is 2. The lowest BCUT2D eigenvalue weighted by atomic mass is 10.2. The molecule has 0 saturated heterocycles. The maximum atomic E-state index is 11.1. The number of nitrogens with two attached hydrogens (primary N) is 1. The predicted molar refractivity (Wildman–Crippen MR) is 79.1 cm³/mol. The minimum absolute atomic E-state index is 0.110. The molecule has 0 aliphatic carbocycles. The number of hydrogen-bond donors (Lipinski definition) is 2. The van der Waals surface area contributed by atoms with E-state index in [9.17, 15) is 8.42 Å². The molecule has 0 radical (unpaired) electrons. The minimum atomic E-state index is -3.63. The molecule has 0 amide bonds. The first-order valence-electron chi connectivity index (χ1n) is 6.05. The second kappa shape index (κ2) is 5.86. The highest BCUT2D eigenvalue weighted by molar-refractivity contribution is 7.89. The maximum absolute atomic E-state index is 11.1. The summed E-state index contributed by atoms with van der Waals surface area (Å²) < 4.78 is 26.5.